The van der Waals surface area contributed by atoms with Crippen LogP contribution in [0.5, 0.6) is 11.5 Å². The van der Waals surface area contributed by atoms with Crippen molar-refractivity contribution in [1.82, 2.24) is 49.3 Å². The van der Waals surface area contributed by atoms with Gasteiger partial charge in [0.05, 0.1) is 97.5 Å². The summed E-state index contributed by atoms with van der Waals surface area (Å²) >= 11 is 24.8. The summed E-state index contributed by atoms with van der Waals surface area (Å²) in [5.74, 6) is 0.418. The van der Waals surface area contributed by atoms with Gasteiger partial charge in [-0.05, 0) is 204 Å². The molecule has 0 aliphatic carbocycles. The van der Waals surface area contributed by atoms with Gasteiger partial charge in [0.2, 0.25) is 17.7 Å². The standard InChI is InChI=1S/C34H40Cl2N6O4.C31H35Cl2N5O3.C8H15NO4/c1-5-46-25-13-11-24(12-14-25)42-32(39-29-9-7-6-8-26(29)34(42)45)30(16-17-38-33(44)22(2)37)41(19-18-40(3)4)31(43)21-23-10-15-27(35)28(36)20-23;1-4-41-23-12-10-22(11-13-23)38-30(35-27-8-6-5-7-24(27)31(38)40)28(15-16-34)37(18-17-36(2)3)29(39)20-21-9-14-25(32)26(33)19-21;1-5(6(10)11)9-7(12)13-8(2,3)4/h6-15,20,22,30H,5,16-19,21,37H2,1-4H3,(H,38,44);5-14,19,28H,4,15-18,20,34H2,1-3H3;5H,1-4H3,(H,9,12)(H,10,11)/t22-,30?;;5-/m0.0/s1. The summed E-state index contributed by atoms with van der Waals surface area (Å²) in [5, 5.41) is 16.0. The van der Waals surface area contributed by atoms with Gasteiger partial charge in [-0.3, -0.25) is 37.9 Å². The Labute approximate surface area is 603 Å². The third kappa shape index (κ3) is 23.2. The zero-order valence-electron chi connectivity index (χ0n) is 58.3. The molecule has 2 unspecified atom stereocenters. The number of ether oxygens (including phenoxy) is 3. The maximum atomic E-state index is 14.2. The average Bonchev–Trinajstić information content (AvgIpc) is 0.766. The highest BCUT2D eigenvalue weighted by Gasteiger charge is 2.33. The lowest BCUT2D eigenvalue weighted by Gasteiger charge is -2.34. The number of hydrogen-bond acceptors (Lipinski definition) is 16. The lowest BCUT2D eigenvalue weighted by molar-refractivity contribution is -0.139. The number of carbonyl (C=O) groups excluding carboxylic acids is 4. The monoisotopic (exact) mass is 1450 g/mol. The van der Waals surface area contributed by atoms with Crippen molar-refractivity contribution < 1.29 is 43.3 Å². The summed E-state index contributed by atoms with van der Waals surface area (Å²) in [6, 6.07) is 36.2. The fraction of sp³-hybridized carbons (Fsp3) is 0.384. The lowest BCUT2D eigenvalue weighted by atomic mass is 10.1. The molecule has 0 radical (unpaired) electrons. The Hall–Kier alpha value is -8.65. The number of halogens is 4. The van der Waals surface area contributed by atoms with E-state index in [1.807, 2.05) is 100 Å². The molecule has 8 aromatic rings. The molecule has 6 aromatic carbocycles. The minimum atomic E-state index is -1.09. The largest absolute Gasteiger partial charge is 0.494 e. The normalized spacial score (nSPS) is 12.5. The van der Waals surface area contributed by atoms with Gasteiger partial charge in [-0.15, -0.1) is 0 Å². The Morgan fingerprint density at radius 3 is 1.36 bits per heavy atom. The molecule has 0 saturated carbocycles. The number of likely N-dealkylation sites (N-methyl/N-ethyl adjacent to an activating group) is 2. The molecule has 0 aliphatic heterocycles. The zero-order valence-corrected chi connectivity index (χ0v) is 61.3. The van der Waals surface area contributed by atoms with Crippen molar-refractivity contribution in [3.8, 4) is 22.9 Å². The number of carboxylic acid groups (broad SMARTS) is 1. The minimum Gasteiger partial charge on any atom is -0.494 e. The predicted molar refractivity (Wildman–Crippen MR) is 395 cm³/mol. The van der Waals surface area contributed by atoms with Crippen LogP contribution in [0.2, 0.25) is 20.1 Å². The molecule has 4 amide bonds. The van der Waals surface area contributed by atoms with Gasteiger partial charge in [-0.1, -0.05) is 82.8 Å². The van der Waals surface area contributed by atoms with E-state index in [4.69, 9.17) is 87.2 Å². The second-order valence-electron chi connectivity index (χ2n) is 24.9. The number of carboxylic acids is 1. The van der Waals surface area contributed by atoms with Gasteiger partial charge >= 0.3 is 12.1 Å². The van der Waals surface area contributed by atoms with Crippen molar-refractivity contribution in [1.29, 1.82) is 0 Å². The number of benzene rings is 6. The number of nitrogens with one attached hydrogen (secondary N) is 2. The molecule has 100 heavy (non-hydrogen) atoms. The Kier molecular flexibility index (Phi) is 30.7. The van der Waals surface area contributed by atoms with Gasteiger partial charge in [0.15, 0.2) is 0 Å². The summed E-state index contributed by atoms with van der Waals surface area (Å²) in [7, 11) is 7.74. The number of alkyl carbamates (subject to hydrolysis) is 1. The molecule has 23 nitrogen and oxygen atoms in total. The molecule has 0 saturated heterocycles. The number of fused-ring (bicyclic) bond motifs is 2. The van der Waals surface area contributed by atoms with Gasteiger partial charge in [-0.2, -0.15) is 0 Å². The summed E-state index contributed by atoms with van der Waals surface area (Å²) in [6.07, 6.45) is 0.0888. The molecule has 536 valence electrons. The number of amides is 4. The topological polar surface area (TPSA) is 292 Å². The van der Waals surface area contributed by atoms with Crippen LogP contribution in [0.3, 0.4) is 0 Å². The van der Waals surface area contributed by atoms with Gasteiger partial charge in [-0.25, -0.2) is 14.8 Å². The number of rotatable bonds is 28. The Morgan fingerprint density at radius 1 is 0.590 bits per heavy atom. The van der Waals surface area contributed by atoms with Gasteiger partial charge in [0.1, 0.15) is 34.8 Å². The van der Waals surface area contributed by atoms with Crippen LogP contribution in [-0.4, -0.2) is 172 Å². The van der Waals surface area contributed by atoms with E-state index in [1.54, 1.807) is 132 Å². The number of aromatic nitrogens is 4. The van der Waals surface area contributed by atoms with Gasteiger partial charge < -0.3 is 61.0 Å². The third-order valence-corrected chi connectivity index (χ3v) is 16.8. The molecular weight excluding hydrogens is 1360 g/mol. The Balaban J connectivity index is 0.000000269. The third-order valence-electron chi connectivity index (χ3n) is 15.3. The Bertz CT molecular complexity index is 4210. The summed E-state index contributed by atoms with van der Waals surface area (Å²) < 4.78 is 19.2. The van der Waals surface area contributed by atoms with Crippen LogP contribution in [0, 0.1) is 0 Å². The molecule has 0 aliphatic rings. The molecule has 27 heteroatoms. The second kappa shape index (κ2) is 38.2. The maximum absolute atomic E-state index is 14.2. The molecule has 2 heterocycles. The fourth-order valence-corrected chi connectivity index (χ4v) is 11.0. The molecule has 0 spiro atoms. The number of aliphatic carboxylic acids is 1. The van der Waals surface area contributed by atoms with Crippen LogP contribution in [0.25, 0.3) is 33.2 Å². The number of para-hydroxylation sites is 2. The molecule has 8 rings (SSSR count). The second-order valence-corrected chi connectivity index (χ2v) is 26.6. The molecule has 0 fully saturated rings. The van der Waals surface area contributed by atoms with E-state index in [-0.39, 0.29) is 61.2 Å². The van der Waals surface area contributed by atoms with Crippen molar-refractivity contribution in [2.45, 2.75) is 104 Å². The summed E-state index contributed by atoms with van der Waals surface area (Å²) in [5.41, 5.74) is 14.5. The quantitative estimate of drug-likeness (QED) is 0.0304. The highest BCUT2D eigenvalue weighted by molar-refractivity contribution is 6.42. The van der Waals surface area contributed by atoms with Crippen LogP contribution in [-0.2, 0) is 36.8 Å². The molecular formula is C73H90Cl4N12O11. The van der Waals surface area contributed by atoms with E-state index < -0.39 is 41.8 Å². The van der Waals surface area contributed by atoms with Gasteiger partial charge in [0.25, 0.3) is 11.1 Å². The molecule has 0 bridgehead atoms. The van der Waals surface area contributed by atoms with Crippen LogP contribution >= 0.6 is 46.4 Å². The highest BCUT2D eigenvalue weighted by atomic mass is 35.5. The van der Waals surface area contributed by atoms with Gasteiger partial charge in [0, 0.05) is 32.7 Å². The van der Waals surface area contributed by atoms with E-state index in [9.17, 15) is 33.6 Å². The SMILES string of the molecule is CCOc1ccc(-n2c(C(CCN)N(CCN(C)C)C(=O)Cc3ccc(Cl)c(Cl)c3)nc3ccccc3c2=O)cc1.CCOc1ccc(-n2c(C(CCNC(=O)[C@H](C)N)N(CCN(C)C)C(=O)Cc3ccc(Cl)c(Cl)c3)nc3ccccc3c2=O)cc1.C[C@H](NC(=O)OC(C)(C)C)C(=O)O. The first-order valence-electron chi connectivity index (χ1n) is 32.7. The lowest BCUT2D eigenvalue weighted by Crippen LogP contribution is -2.44. The highest BCUT2D eigenvalue weighted by Crippen LogP contribution is 2.32. The Morgan fingerprint density at radius 2 is 1.00 bits per heavy atom. The summed E-state index contributed by atoms with van der Waals surface area (Å²) in [4.78, 5) is 108. The molecule has 4 atom stereocenters. The van der Waals surface area contributed by atoms with Crippen molar-refractivity contribution in [3.63, 3.8) is 0 Å². The molecule has 2 aromatic heterocycles. The van der Waals surface area contributed by atoms with Crippen molar-refractivity contribution in [2.24, 2.45) is 11.5 Å². The number of carbonyl (C=O) groups is 5. The maximum Gasteiger partial charge on any atom is 0.408 e. The number of nitrogens with two attached hydrogens (primary N) is 2. The predicted octanol–water partition coefficient (Wildman–Crippen LogP) is 10.7. The minimum absolute atomic E-state index is 0.0356. The average molecular weight is 1450 g/mol. The van der Waals surface area contributed by atoms with E-state index >= 15 is 0 Å². The van der Waals surface area contributed by atoms with Crippen molar-refractivity contribution in [3.05, 3.63) is 197 Å². The smallest absolute Gasteiger partial charge is 0.408 e. The zero-order chi connectivity index (χ0) is 73.5. The van der Waals surface area contributed by atoms with E-state index in [2.05, 4.69) is 10.6 Å². The van der Waals surface area contributed by atoms with Crippen LogP contribution in [0.4, 0.5) is 4.79 Å². The van der Waals surface area contributed by atoms with E-state index in [1.165, 1.54) is 6.92 Å². The van der Waals surface area contributed by atoms with Crippen molar-refractivity contribution >= 4 is 98.0 Å². The number of hydrogen-bond donors (Lipinski definition) is 5. The van der Waals surface area contributed by atoms with E-state index in [0.717, 1.165) is 5.56 Å². The van der Waals surface area contributed by atoms with Crippen LogP contribution in [0.15, 0.2) is 143 Å². The first-order valence-corrected chi connectivity index (χ1v) is 34.2. The summed E-state index contributed by atoms with van der Waals surface area (Å²) in [6.45, 7) is 15.3. The molecule has 7 N–H and O–H groups in total. The first-order chi connectivity index (χ1) is 47.4. The number of nitrogens with zero attached hydrogens (tertiary/aromatic N) is 8. The van der Waals surface area contributed by atoms with Crippen molar-refractivity contribution in [2.75, 3.05) is 80.7 Å². The fourth-order valence-electron chi connectivity index (χ4n) is 10.4. The van der Waals surface area contributed by atoms with Crippen LogP contribution < -0.4 is 42.7 Å². The van der Waals surface area contributed by atoms with E-state index in [0.29, 0.717) is 128 Å². The first kappa shape index (κ1) is 80.3. The van der Waals surface area contributed by atoms with Crippen LogP contribution in [0.1, 0.15) is 96.2 Å².